The number of nitrogens with two attached hydrogens (primary N) is 1. The maximum atomic E-state index is 9.85. The molecule has 0 saturated heterocycles. The molecule has 0 radical (unpaired) electrons. The summed E-state index contributed by atoms with van der Waals surface area (Å²) in [5.41, 5.74) is 7.73. The fourth-order valence-electron chi connectivity index (χ4n) is 1.65. The van der Waals surface area contributed by atoms with E-state index in [4.69, 9.17) is 15.6 Å². The van der Waals surface area contributed by atoms with Crippen LogP contribution in [0, 0.1) is 13.8 Å². The van der Waals surface area contributed by atoms with E-state index in [0.29, 0.717) is 16.9 Å². The number of phenolic OH excluding ortho intramolecular Hbond substituents is 1. The average molecular weight is 211 g/mol. The van der Waals surface area contributed by atoms with Gasteiger partial charge in [-0.05, 0) is 31.0 Å². The SMILES string of the molecule is COc1cc(C)c(O)c([C@H](N)CO)c1C. The summed E-state index contributed by atoms with van der Waals surface area (Å²) in [5.74, 6) is 0.805. The first-order valence-corrected chi connectivity index (χ1v) is 4.76. The normalized spacial score (nSPS) is 12.6. The van der Waals surface area contributed by atoms with E-state index >= 15 is 0 Å². The highest BCUT2D eigenvalue weighted by molar-refractivity contribution is 5.53. The lowest BCUT2D eigenvalue weighted by Gasteiger charge is -2.18. The molecule has 0 saturated carbocycles. The molecule has 1 aromatic carbocycles. The van der Waals surface area contributed by atoms with E-state index in [1.165, 1.54) is 0 Å². The van der Waals surface area contributed by atoms with Crippen LogP contribution < -0.4 is 10.5 Å². The number of aliphatic hydroxyl groups excluding tert-OH is 1. The molecule has 1 rings (SSSR count). The van der Waals surface area contributed by atoms with Gasteiger partial charge >= 0.3 is 0 Å². The van der Waals surface area contributed by atoms with Crippen LogP contribution in [0.25, 0.3) is 0 Å². The molecule has 0 bridgehead atoms. The van der Waals surface area contributed by atoms with Crippen molar-refractivity contribution in [3.05, 3.63) is 22.8 Å². The van der Waals surface area contributed by atoms with Crippen molar-refractivity contribution in [3.63, 3.8) is 0 Å². The summed E-state index contributed by atoms with van der Waals surface area (Å²) in [6.07, 6.45) is 0. The Bertz CT molecular complexity index is 363. The third kappa shape index (κ3) is 2.06. The summed E-state index contributed by atoms with van der Waals surface area (Å²) < 4.78 is 5.17. The minimum atomic E-state index is -0.584. The molecule has 0 aromatic heterocycles. The maximum absolute atomic E-state index is 9.85. The average Bonchev–Trinajstić information content (AvgIpc) is 2.23. The Morgan fingerprint density at radius 3 is 2.53 bits per heavy atom. The molecule has 1 aromatic rings. The zero-order valence-electron chi connectivity index (χ0n) is 9.24. The molecule has 4 heteroatoms. The minimum Gasteiger partial charge on any atom is -0.507 e. The molecule has 0 heterocycles. The smallest absolute Gasteiger partial charge is 0.123 e. The molecule has 4 nitrogen and oxygen atoms in total. The molecule has 0 amide bonds. The van der Waals surface area contributed by atoms with Crippen LogP contribution in [0.4, 0.5) is 0 Å². The Balaban J connectivity index is 3.40. The summed E-state index contributed by atoms with van der Waals surface area (Å²) in [4.78, 5) is 0. The summed E-state index contributed by atoms with van der Waals surface area (Å²) in [6, 6.07) is 1.16. The number of phenols is 1. The molecular formula is C11H17NO3. The molecule has 15 heavy (non-hydrogen) atoms. The predicted molar refractivity (Wildman–Crippen MR) is 58.1 cm³/mol. The molecule has 0 spiro atoms. The Morgan fingerprint density at radius 2 is 2.07 bits per heavy atom. The van der Waals surface area contributed by atoms with Crippen LogP contribution in [-0.2, 0) is 0 Å². The number of aliphatic hydroxyl groups is 1. The molecule has 0 aliphatic heterocycles. The fourth-order valence-corrected chi connectivity index (χ4v) is 1.65. The number of ether oxygens (including phenoxy) is 1. The fraction of sp³-hybridized carbons (Fsp3) is 0.455. The van der Waals surface area contributed by atoms with Crippen molar-refractivity contribution >= 4 is 0 Å². The second-order valence-electron chi connectivity index (χ2n) is 3.57. The quantitative estimate of drug-likeness (QED) is 0.697. The number of methoxy groups -OCH3 is 1. The van der Waals surface area contributed by atoms with E-state index < -0.39 is 6.04 Å². The number of benzene rings is 1. The Kier molecular flexibility index (Phi) is 3.55. The van der Waals surface area contributed by atoms with Gasteiger partial charge in [0.05, 0.1) is 19.8 Å². The first-order chi connectivity index (χ1) is 7.02. The van der Waals surface area contributed by atoms with Gasteiger partial charge in [-0.1, -0.05) is 0 Å². The van der Waals surface area contributed by atoms with Crippen molar-refractivity contribution in [3.8, 4) is 11.5 Å². The summed E-state index contributed by atoms with van der Waals surface area (Å²) >= 11 is 0. The van der Waals surface area contributed by atoms with Crippen LogP contribution in [0.2, 0.25) is 0 Å². The van der Waals surface area contributed by atoms with Crippen LogP contribution in [0.5, 0.6) is 11.5 Å². The summed E-state index contributed by atoms with van der Waals surface area (Å²) in [7, 11) is 1.56. The first-order valence-electron chi connectivity index (χ1n) is 4.76. The van der Waals surface area contributed by atoms with E-state index in [1.54, 1.807) is 20.1 Å². The Morgan fingerprint density at radius 1 is 1.47 bits per heavy atom. The first kappa shape index (κ1) is 11.8. The van der Waals surface area contributed by atoms with Gasteiger partial charge in [0.2, 0.25) is 0 Å². The van der Waals surface area contributed by atoms with Gasteiger partial charge in [0.15, 0.2) is 0 Å². The van der Waals surface area contributed by atoms with Crippen molar-refractivity contribution in [2.75, 3.05) is 13.7 Å². The molecule has 0 aliphatic rings. The topological polar surface area (TPSA) is 75.7 Å². The van der Waals surface area contributed by atoms with Crippen molar-refractivity contribution in [2.24, 2.45) is 5.73 Å². The van der Waals surface area contributed by atoms with Crippen molar-refractivity contribution in [2.45, 2.75) is 19.9 Å². The van der Waals surface area contributed by atoms with E-state index in [2.05, 4.69) is 0 Å². The number of rotatable bonds is 3. The lowest BCUT2D eigenvalue weighted by molar-refractivity contribution is 0.264. The van der Waals surface area contributed by atoms with Crippen LogP contribution in [0.1, 0.15) is 22.7 Å². The Labute approximate surface area is 89.3 Å². The molecular weight excluding hydrogens is 194 g/mol. The lowest BCUT2D eigenvalue weighted by Crippen LogP contribution is -2.16. The highest BCUT2D eigenvalue weighted by atomic mass is 16.5. The molecule has 0 aliphatic carbocycles. The van der Waals surface area contributed by atoms with Gasteiger partial charge in [0.1, 0.15) is 11.5 Å². The molecule has 1 atom stereocenters. The van der Waals surface area contributed by atoms with E-state index in [1.807, 2.05) is 6.92 Å². The standard InChI is InChI=1S/C11H17NO3/c1-6-4-9(15-3)7(2)10(11(6)14)8(12)5-13/h4,8,13-14H,5,12H2,1-3H3/t8-/m1/s1. The van der Waals surface area contributed by atoms with Crippen LogP contribution >= 0.6 is 0 Å². The summed E-state index contributed by atoms with van der Waals surface area (Å²) in [5, 5.41) is 18.9. The number of hydrogen-bond donors (Lipinski definition) is 3. The van der Waals surface area contributed by atoms with E-state index in [0.717, 1.165) is 5.56 Å². The maximum Gasteiger partial charge on any atom is 0.123 e. The van der Waals surface area contributed by atoms with Crippen LogP contribution in [0.3, 0.4) is 0 Å². The zero-order valence-corrected chi connectivity index (χ0v) is 9.24. The van der Waals surface area contributed by atoms with Crippen molar-refractivity contribution in [1.82, 2.24) is 0 Å². The monoisotopic (exact) mass is 211 g/mol. The van der Waals surface area contributed by atoms with E-state index in [9.17, 15) is 5.11 Å². The number of aromatic hydroxyl groups is 1. The third-order valence-electron chi connectivity index (χ3n) is 2.54. The number of aryl methyl sites for hydroxylation is 1. The second-order valence-corrected chi connectivity index (χ2v) is 3.57. The van der Waals surface area contributed by atoms with Gasteiger partial charge in [-0.3, -0.25) is 0 Å². The third-order valence-corrected chi connectivity index (χ3v) is 2.54. The largest absolute Gasteiger partial charge is 0.507 e. The second kappa shape index (κ2) is 4.51. The summed E-state index contributed by atoms with van der Waals surface area (Å²) in [6.45, 7) is 3.37. The van der Waals surface area contributed by atoms with Gasteiger partial charge in [0, 0.05) is 5.56 Å². The molecule has 84 valence electrons. The highest BCUT2D eigenvalue weighted by Gasteiger charge is 2.18. The van der Waals surface area contributed by atoms with Crippen LogP contribution in [-0.4, -0.2) is 23.9 Å². The minimum absolute atomic E-state index is 0.134. The van der Waals surface area contributed by atoms with E-state index in [-0.39, 0.29) is 12.4 Å². The predicted octanol–water partition coefficient (Wildman–Crippen LogP) is 1.01. The van der Waals surface area contributed by atoms with Crippen molar-refractivity contribution in [1.29, 1.82) is 0 Å². The van der Waals surface area contributed by atoms with Gasteiger partial charge in [0.25, 0.3) is 0 Å². The molecule has 4 N–H and O–H groups in total. The van der Waals surface area contributed by atoms with Crippen molar-refractivity contribution < 1.29 is 14.9 Å². The van der Waals surface area contributed by atoms with Crippen LogP contribution in [0.15, 0.2) is 6.07 Å². The van der Waals surface area contributed by atoms with Gasteiger partial charge in [-0.2, -0.15) is 0 Å². The Hall–Kier alpha value is -1.26. The van der Waals surface area contributed by atoms with Gasteiger partial charge in [-0.25, -0.2) is 0 Å². The highest BCUT2D eigenvalue weighted by Crippen LogP contribution is 2.35. The zero-order chi connectivity index (χ0) is 11.6. The van der Waals surface area contributed by atoms with Gasteiger partial charge < -0.3 is 20.7 Å². The molecule has 0 unspecified atom stereocenters. The molecule has 0 fully saturated rings. The number of hydrogen-bond acceptors (Lipinski definition) is 4. The van der Waals surface area contributed by atoms with Gasteiger partial charge in [-0.15, -0.1) is 0 Å². The lowest BCUT2D eigenvalue weighted by atomic mass is 9.97.